The zero-order valence-electron chi connectivity index (χ0n) is 11.0. The summed E-state index contributed by atoms with van der Waals surface area (Å²) in [6.07, 6.45) is 1.52. The van der Waals surface area contributed by atoms with E-state index in [1.165, 1.54) is 6.20 Å². The van der Waals surface area contributed by atoms with Gasteiger partial charge in [0.25, 0.3) is 0 Å². The Hall–Kier alpha value is -1.81. The van der Waals surface area contributed by atoms with Gasteiger partial charge in [0, 0.05) is 16.6 Å². The molecule has 0 saturated carbocycles. The van der Waals surface area contributed by atoms with Gasteiger partial charge < -0.3 is 5.11 Å². The summed E-state index contributed by atoms with van der Waals surface area (Å²) in [5.74, 6) is -0.974. The number of benzene rings is 1. The van der Waals surface area contributed by atoms with Crippen LogP contribution < -0.4 is 0 Å². The van der Waals surface area contributed by atoms with Crippen LogP contribution in [-0.2, 0) is 5.41 Å². The second-order valence-corrected chi connectivity index (χ2v) is 5.81. The second kappa shape index (κ2) is 4.70. The Morgan fingerprint density at radius 3 is 2.53 bits per heavy atom. The van der Waals surface area contributed by atoms with Gasteiger partial charge in [-0.05, 0) is 18.2 Å². The van der Waals surface area contributed by atoms with Crippen molar-refractivity contribution in [3.05, 3.63) is 46.7 Å². The molecule has 0 spiro atoms. The van der Waals surface area contributed by atoms with Gasteiger partial charge in [-0.3, -0.25) is 0 Å². The van der Waals surface area contributed by atoms with E-state index in [0.717, 1.165) is 5.69 Å². The van der Waals surface area contributed by atoms with Gasteiger partial charge in [-0.1, -0.05) is 38.4 Å². The Kier molecular flexibility index (Phi) is 3.37. The lowest BCUT2D eigenvalue weighted by atomic mass is 9.90. The molecule has 0 aliphatic carbocycles. The number of nitrogens with zero attached hydrogens (tertiary/aromatic N) is 2. The molecular weight excluding hydrogens is 264 g/mol. The molecule has 0 unspecified atom stereocenters. The van der Waals surface area contributed by atoms with E-state index in [0.29, 0.717) is 10.7 Å². The molecule has 0 aliphatic heterocycles. The van der Waals surface area contributed by atoms with E-state index >= 15 is 0 Å². The van der Waals surface area contributed by atoms with Gasteiger partial charge in [0.2, 0.25) is 0 Å². The average Bonchev–Trinajstić information content (AvgIpc) is 2.73. The van der Waals surface area contributed by atoms with Crippen molar-refractivity contribution in [3.8, 4) is 5.69 Å². The van der Waals surface area contributed by atoms with E-state index < -0.39 is 5.97 Å². The molecule has 0 fully saturated rings. The molecule has 0 amide bonds. The molecule has 0 atom stereocenters. The van der Waals surface area contributed by atoms with E-state index in [1.54, 1.807) is 22.9 Å². The summed E-state index contributed by atoms with van der Waals surface area (Å²) in [5, 5.41) is 14.2. The van der Waals surface area contributed by atoms with Crippen LogP contribution in [0.15, 0.2) is 30.5 Å². The minimum absolute atomic E-state index is 0.215. The van der Waals surface area contributed by atoms with Crippen molar-refractivity contribution in [1.29, 1.82) is 0 Å². The van der Waals surface area contributed by atoms with Crippen molar-refractivity contribution >= 4 is 17.6 Å². The third-order valence-electron chi connectivity index (χ3n) is 2.73. The fourth-order valence-corrected chi connectivity index (χ4v) is 2.02. The number of rotatable bonds is 2. The Labute approximate surface area is 116 Å². The first kappa shape index (κ1) is 13.6. The Morgan fingerprint density at radius 1 is 1.37 bits per heavy atom. The van der Waals surface area contributed by atoms with Crippen molar-refractivity contribution in [3.63, 3.8) is 0 Å². The van der Waals surface area contributed by atoms with Gasteiger partial charge in [-0.2, -0.15) is 5.10 Å². The largest absolute Gasteiger partial charge is 0.478 e. The molecule has 0 saturated heterocycles. The molecule has 0 radical (unpaired) electrons. The first-order chi connectivity index (χ1) is 8.79. The molecule has 0 aliphatic rings. The van der Waals surface area contributed by atoms with Gasteiger partial charge in [0.1, 0.15) is 5.56 Å². The average molecular weight is 279 g/mol. The van der Waals surface area contributed by atoms with Crippen LogP contribution in [0, 0.1) is 0 Å². The molecule has 1 N–H and O–H groups in total. The summed E-state index contributed by atoms with van der Waals surface area (Å²) in [6, 6.07) is 7.14. The third kappa shape index (κ3) is 2.79. The molecule has 0 bridgehead atoms. The van der Waals surface area contributed by atoms with E-state index in [2.05, 4.69) is 5.10 Å². The highest BCUT2D eigenvalue weighted by Crippen LogP contribution is 2.26. The molecule has 19 heavy (non-hydrogen) atoms. The van der Waals surface area contributed by atoms with Crippen molar-refractivity contribution in [2.75, 3.05) is 0 Å². The SMILES string of the molecule is CC(C)(C)c1nn(-c2cccc(Cl)c2)cc1C(=O)O. The molecule has 1 aromatic carbocycles. The summed E-state index contributed by atoms with van der Waals surface area (Å²) in [4.78, 5) is 11.3. The Bertz CT molecular complexity index is 627. The number of aromatic carboxylic acids is 1. The summed E-state index contributed by atoms with van der Waals surface area (Å²) in [6.45, 7) is 5.80. The molecule has 5 heteroatoms. The number of hydrogen-bond donors (Lipinski definition) is 1. The van der Waals surface area contributed by atoms with Crippen LogP contribution in [0.1, 0.15) is 36.8 Å². The van der Waals surface area contributed by atoms with E-state index in [-0.39, 0.29) is 11.0 Å². The highest BCUT2D eigenvalue weighted by Gasteiger charge is 2.26. The standard InChI is InChI=1S/C14H15ClN2O2/c1-14(2,3)12-11(13(18)19)8-17(16-12)10-6-4-5-9(15)7-10/h4-8H,1-3H3,(H,18,19). The third-order valence-corrected chi connectivity index (χ3v) is 2.96. The summed E-state index contributed by atoms with van der Waals surface area (Å²) in [5.41, 5.74) is 1.18. The van der Waals surface area contributed by atoms with Crippen LogP contribution in [0.2, 0.25) is 5.02 Å². The Balaban J connectivity index is 2.58. The van der Waals surface area contributed by atoms with Gasteiger partial charge in [0.15, 0.2) is 0 Å². The molecule has 100 valence electrons. The number of hydrogen-bond acceptors (Lipinski definition) is 2. The number of aromatic nitrogens is 2. The quantitative estimate of drug-likeness (QED) is 0.914. The maximum atomic E-state index is 11.3. The van der Waals surface area contributed by atoms with Crippen molar-refractivity contribution < 1.29 is 9.90 Å². The van der Waals surface area contributed by atoms with Crippen molar-refractivity contribution in [2.45, 2.75) is 26.2 Å². The molecule has 2 aromatic rings. The zero-order chi connectivity index (χ0) is 14.2. The van der Waals surface area contributed by atoms with Gasteiger partial charge >= 0.3 is 5.97 Å². The van der Waals surface area contributed by atoms with Crippen LogP contribution >= 0.6 is 11.6 Å². The van der Waals surface area contributed by atoms with Gasteiger partial charge in [-0.25, -0.2) is 9.48 Å². The smallest absolute Gasteiger partial charge is 0.339 e. The van der Waals surface area contributed by atoms with Crippen molar-refractivity contribution in [1.82, 2.24) is 9.78 Å². The van der Waals surface area contributed by atoms with E-state index in [9.17, 15) is 9.90 Å². The summed E-state index contributed by atoms with van der Waals surface area (Å²) in [7, 11) is 0. The first-order valence-corrected chi connectivity index (χ1v) is 6.26. The minimum Gasteiger partial charge on any atom is -0.478 e. The molecule has 1 heterocycles. The summed E-state index contributed by atoms with van der Waals surface area (Å²) >= 11 is 5.94. The molecular formula is C14H15ClN2O2. The topological polar surface area (TPSA) is 55.1 Å². The van der Waals surface area contributed by atoms with Crippen molar-refractivity contribution in [2.24, 2.45) is 0 Å². The highest BCUT2D eigenvalue weighted by molar-refractivity contribution is 6.30. The molecule has 4 nitrogen and oxygen atoms in total. The number of halogens is 1. The number of carbonyl (C=O) groups is 1. The lowest BCUT2D eigenvalue weighted by molar-refractivity contribution is 0.0694. The normalized spacial score (nSPS) is 11.6. The number of carboxylic acid groups (broad SMARTS) is 1. The fraction of sp³-hybridized carbons (Fsp3) is 0.286. The number of carboxylic acids is 1. The minimum atomic E-state index is -0.974. The second-order valence-electron chi connectivity index (χ2n) is 5.37. The van der Waals surface area contributed by atoms with E-state index in [4.69, 9.17) is 11.6 Å². The maximum absolute atomic E-state index is 11.3. The lowest BCUT2D eigenvalue weighted by Crippen LogP contribution is -2.16. The van der Waals surface area contributed by atoms with Gasteiger partial charge in [-0.15, -0.1) is 0 Å². The van der Waals surface area contributed by atoms with Crippen LogP contribution in [0.4, 0.5) is 0 Å². The monoisotopic (exact) mass is 278 g/mol. The van der Waals surface area contributed by atoms with Crippen LogP contribution in [-0.4, -0.2) is 20.9 Å². The van der Waals surface area contributed by atoms with Crippen LogP contribution in [0.3, 0.4) is 0 Å². The maximum Gasteiger partial charge on any atom is 0.339 e. The van der Waals surface area contributed by atoms with Crippen LogP contribution in [0.25, 0.3) is 5.69 Å². The van der Waals surface area contributed by atoms with Crippen LogP contribution in [0.5, 0.6) is 0 Å². The van der Waals surface area contributed by atoms with E-state index in [1.807, 2.05) is 26.8 Å². The molecule has 2 rings (SSSR count). The summed E-state index contributed by atoms with van der Waals surface area (Å²) < 4.78 is 1.55. The molecule has 1 aromatic heterocycles. The Morgan fingerprint density at radius 2 is 2.05 bits per heavy atom. The fourth-order valence-electron chi connectivity index (χ4n) is 1.84. The lowest BCUT2D eigenvalue weighted by Gasteiger charge is -2.15. The first-order valence-electron chi connectivity index (χ1n) is 5.88. The predicted molar refractivity (Wildman–Crippen MR) is 74.2 cm³/mol. The zero-order valence-corrected chi connectivity index (χ0v) is 11.8. The highest BCUT2D eigenvalue weighted by atomic mass is 35.5. The predicted octanol–water partition coefficient (Wildman–Crippen LogP) is 3.52. The van der Waals surface area contributed by atoms with Gasteiger partial charge in [0.05, 0.1) is 11.4 Å².